The fraction of sp³-hybridized carbons (Fsp3) is 0.429. The largest absolute Gasteiger partial charge is 0.497 e. The average molecular weight is 429 g/mol. The van der Waals surface area contributed by atoms with Gasteiger partial charge in [0.15, 0.2) is 11.2 Å². The Morgan fingerprint density at radius 2 is 1.90 bits per heavy atom. The number of nitrogens with one attached hydrogen (secondary N) is 1. The van der Waals surface area contributed by atoms with E-state index in [9.17, 15) is 14.4 Å². The number of ether oxygens (including phenoxy) is 2. The smallest absolute Gasteiger partial charge is 0.333 e. The summed E-state index contributed by atoms with van der Waals surface area (Å²) in [5.74, 6) is 0.695. The molecule has 1 amide bonds. The number of amides is 1. The predicted octanol–water partition coefficient (Wildman–Crippen LogP) is 1.37. The van der Waals surface area contributed by atoms with Crippen molar-refractivity contribution in [2.75, 3.05) is 26.1 Å². The molecule has 0 aliphatic heterocycles. The Kier molecular flexibility index (Phi) is 6.91. The minimum absolute atomic E-state index is 0.289. The van der Waals surface area contributed by atoms with E-state index in [0.717, 1.165) is 4.57 Å². The lowest BCUT2D eigenvalue weighted by atomic mass is 10.3. The van der Waals surface area contributed by atoms with E-state index < -0.39 is 23.7 Å². The molecule has 166 valence electrons. The highest BCUT2D eigenvalue weighted by Gasteiger charge is 2.21. The third-order valence-electron chi connectivity index (χ3n) is 4.93. The molecule has 0 aliphatic rings. The maximum Gasteiger partial charge on any atom is 0.333 e. The number of carbonyl (C=O) groups is 1. The first-order valence-electron chi connectivity index (χ1n) is 10.0. The van der Waals surface area contributed by atoms with Crippen LogP contribution in [0.4, 0.5) is 5.69 Å². The number of anilines is 1. The van der Waals surface area contributed by atoms with E-state index in [-0.39, 0.29) is 5.52 Å². The maximum absolute atomic E-state index is 13.2. The topological polar surface area (TPSA) is 109 Å². The molecule has 0 atom stereocenters. The van der Waals surface area contributed by atoms with Crippen molar-refractivity contribution >= 4 is 22.8 Å². The first-order valence-corrected chi connectivity index (χ1v) is 10.0. The highest BCUT2D eigenvalue weighted by atomic mass is 16.5. The van der Waals surface area contributed by atoms with Gasteiger partial charge in [-0.05, 0) is 25.5 Å². The molecule has 31 heavy (non-hydrogen) atoms. The van der Waals surface area contributed by atoms with E-state index in [2.05, 4.69) is 10.3 Å². The molecule has 1 aromatic carbocycles. The van der Waals surface area contributed by atoms with E-state index in [1.165, 1.54) is 11.7 Å². The minimum atomic E-state index is -0.559. The molecule has 0 saturated carbocycles. The molecule has 2 aromatic heterocycles. The molecule has 0 aliphatic carbocycles. The van der Waals surface area contributed by atoms with Gasteiger partial charge in [-0.3, -0.25) is 14.2 Å². The highest BCUT2D eigenvalue weighted by Crippen LogP contribution is 2.16. The molecule has 0 spiro atoms. The number of aryl methyl sites for hydroxylation is 2. The van der Waals surface area contributed by atoms with Gasteiger partial charge in [-0.25, -0.2) is 14.3 Å². The van der Waals surface area contributed by atoms with Crippen molar-refractivity contribution in [1.29, 1.82) is 0 Å². The third-order valence-corrected chi connectivity index (χ3v) is 4.93. The van der Waals surface area contributed by atoms with Crippen LogP contribution in [-0.4, -0.2) is 45.4 Å². The van der Waals surface area contributed by atoms with Gasteiger partial charge in [0, 0.05) is 32.0 Å². The standard InChI is InChI=1S/C21H27N5O5/c1-5-9-25-19-18(24(10-11-30-3)14(2)22-19)20(28)26(21(25)29)13-17(27)23-15-7-6-8-16(12-15)31-4/h6-8,12H,5,9-11,13H2,1-4H3,(H,23,27). The van der Waals surface area contributed by atoms with Gasteiger partial charge in [-0.1, -0.05) is 13.0 Å². The quantitative estimate of drug-likeness (QED) is 0.550. The molecule has 0 saturated heterocycles. The van der Waals surface area contributed by atoms with Gasteiger partial charge in [0.05, 0.1) is 13.7 Å². The van der Waals surface area contributed by atoms with E-state index in [1.807, 2.05) is 6.92 Å². The van der Waals surface area contributed by atoms with Crippen LogP contribution in [0.1, 0.15) is 19.2 Å². The van der Waals surface area contributed by atoms with Crippen LogP contribution in [-0.2, 0) is 29.2 Å². The number of aromatic nitrogens is 4. The van der Waals surface area contributed by atoms with Crippen molar-refractivity contribution in [1.82, 2.24) is 18.7 Å². The van der Waals surface area contributed by atoms with Gasteiger partial charge < -0.3 is 19.4 Å². The number of rotatable bonds is 9. The second kappa shape index (κ2) is 9.61. The lowest BCUT2D eigenvalue weighted by Crippen LogP contribution is -2.43. The summed E-state index contributed by atoms with van der Waals surface area (Å²) in [4.78, 5) is 43.4. The molecule has 3 aromatic rings. The van der Waals surface area contributed by atoms with Gasteiger partial charge in [0.25, 0.3) is 5.56 Å². The number of fused-ring (bicyclic) bond motifs is 1. The summed E-state index contributed by atoms with van der Waals surface area (Å²) in [6.07, 6.45) is 0.674. The first-order chi connectivity index (χ1) is 14.9. The lowest BCUT2D eigenvalue weighted by Gasteiger charge is -2.12. The molecule has 3 rings (SSSR count). The Hall–Kier alpha value is -3.40. The van der Waals surface area contributed by atoms with Crippen molar-refractivity contribution < 1.29 is 14.3 Å². The van der Waals surface area contributed by atoms with Gasteiger partial charge in [0.1, 0.15) is 18.1 Å². The monoisotopic (exact) mass is 429 g/mol. The Labute approximate surface area is 179 Å². The summed E-state index contributed by atoms with van der Waals surface area (Å²) in [6.45, 7) is 4.47. The van der Waals surface area contributed by atoms with Crippen LogP contribution >= 0.6 is 0 Å². The number of hydrogen-bond acceptors (Lipinski definition) is 6. The van der Waals surface area contributed by atoms with Crippen LogP contribution in [0.25, 0.3) is 11.2 Å². The summed E-state index contributed by atoms with van der Waals surface area (Å²) in [5, 5.41) is 2.70. The highest BCUT2D eigenvalue weighted by molar-refractivity contribution is 5.90. The Balaban J connectivity index is 2.05. The Morgan fingerprint density at radius 1 is 1.13 bits per heavy atom. The molecule has 2 heterocycles. The van der Waals surface area contributed by atoms with Gasteiger partial charge in [-0.2, -0.15) is 0 Å². The van der Waals surface area contributed by atoms with Crippen molar-refractivity contribution in [3.63, 3.8) is 0 Å². The van der Waals surface area contributed by atoms with Crippen LogP contribution in [0.2, 0.25) is 0 Å². The number of hydrogen-bond donors (Lipinski definition) is 1. The number of imidazole rings is 1. The molecule has 0 bridgehead atoms. The summed E-state index contributed by atoms with van der Waals surface area (Å²) >= 11 is 0. The first kappa shape index (κ1) is 22.3. The van der Waals surface area contributed by atoms with Crippen LogP contribution in [0.15, 0.2) is 33.9 Å². The fourth-order valence-corrected chi connectivity index (χ4v) is 3.47. The van der Waals surface area contributed by atoms with Crippen molar-refractivity contribution in [3.05, 3.63) is 50.9 Å². The van der Waals surface area contributed by atoms with E-state index in [0.29, 0.717) is 49.0 Å². The number of carbonyl (C=O) groups excluding carboxylic acids is 1. The van der Waals surface area contributed by atoms with Gasteiger partial charge in [0.2, 0.25) is 5.91 Å². The Morgan fingerprint density at radius 3 is 2.58 bits per heavy atom. The summed E-state index contributed by atoms with van der Waals surface area (Å²) < 4.78 is 14.4. The second-order valence-electron chi connectivity index (χ2n) is 7.08. The van der Waals surface area contributed by atoms with E-state index in [1.54, 1.807) is 42.9 Å². The molecule has 10 heteroatoms. The van der Waals surface area contributed by atoms with Gasteiger partial charge >= 0.3 is 5.69 Å². The summed E-state index contributed by atoms with van der Waals surface area (Å²) in [5.41, 5.74) is 0.0152. The zero-order valence-corrected chi connectivity index (χ0v) is 18.2. The number of benzene rings is 1. The van der Waals surface area contributed by atoms with Gasteiger partial charge in [-0.15, -0.1) is 0 Å². The molecule has 1 N–H and O–H groups in total. The summed E-state index contributed by atoms with van der Waals surface area (Å²) in [6, 6.07) is 6.84. The number of methoxy groups -OCH3 is 2. The third kappa shape index (κ3) is 4.53. The normalized spacial score (nSPS) is 11.1. The van der Waals surface area contributed by atoms with Crippen LogP contribution in [0, 0.1) is 6.92 Å². The van der Waals surface area contributed by atoms with E-state index >= 15 is 0 Å². The van der Waals surface area contributed by atoms with Crippen molar-refractivity contribution in [2.24, 2.45) is 0 Å². The van der Waals surface area contributed by atoms with Crippen molar-refractivity contribution in [3.8, 4) is 5.75 Å². The average Bonchev–Trinajstić information content (AvgIpc) is 3.08. The zero-order valence-electron chi connectivity index (χ0n) is 18.2. The van der Waals surface area contributed by atoms with Crippen molar-refractivity contribution in [2.45, 2.75) is 39.9 Å². The molecule has 0 unspecified atom stereocenters. The summed E-state index contributed by atoms with van der Waals surface area (Å²) in [7, 11) is 3.10. The molecular formula is C21H27N5O5. The molecular weight excluding hydrogens is 402 g/mol. The van der Waals surface area contributed by atoms with Crippen LogP contribution in [0.3, 0.4) is 0 Å². The Bertz CT molecular complexity index is 1210. The second-order valence-corrected chi connectivity index (χ2v) is 7.08. The lowest BCUT2D eigenvalue weighted by molar-refractivity contribution is -0.116. The molecule has 0 fully saturated rings. The minimum Gasteiger partial charge on any atom is -0.497 e. The molecule has 10 nitrogen and oxygen atoms in total. The molecule has 0 radical (unpaired) electrons. The van der Waals surface area contributed by atoms with Crippen LogP contribution < -0.4 is 21.3 Å². The fourth-order valence-electron chi connectivity index (χ4n) is 3.47. The van der Waals surface area contributed by atoms with Crippen LogP contribution in [0.5, 0.6) is 5.75 Å². The predicted molar refractivity (Wildman–Crippen MR) is 117 cm³/mol. The SMILES string of the molecule is CCCn1c(=O)n(CC(=O)Nc2cccc(OC)c2)c(=O)c2c1nc(C)n2CCOC. The number of nitrogens with zero attached hydrogens (tertiary/aromatic N) is 4. The maximum atomic E-state index is 13.2. The zero-order chi connectivity index (χ0) is 22.5. The van der Waals surface area contributed by atoms with E-state index in [4.69, 9.17) is 9.47 Å².